The molecule has 1 saturated carbocycles. The Morgan fingerprint density at radius 1 is 1.21 bits per heavy atom. The third kappa shape index (κ3) is 4.88. The Morgan fingerprint density at radius 3 is 2.54 bits per heavy atom. The maximum atomic E-state index is 12.4. The van der Waals surface area contributed by atoms with E-state index in [0.29, 0.717) is 30.2 Å². The Bertz CT molecular complexity index is 595. The molecule has 0 spiro atoms. The molecule has 0 unspecified atom stereocenters. The lowest BCUT2D eigenvalue weighted by Crippen LogP contribution is -2.30. The Kier molecular flexibility index (Phi) is 6.06. The molecule has 1 fully saturated rings. The fourth-order valence-corrected chi connectivity index (χ4v) is 2.77. The first-order valence-corrected chi connectivity index (χ1v) is 8.39. The van der Waals surface area contributed by atoms with Crippen molar-refractivity contribution in [3.8, 4) is 11.5 Å². The van der Waals surface area contributed by atoms with Gasteiger partial charge < -0.3 is 19.9 Å². The Labute approximate surface area is 142 Å². The van der Waals surface area contributed by atoms with E-state index in [1.165, 1.54) is 12.8 Å². The number of amides is 1. The zero-order chi connectivity index (χ0) is 17.6. The van der Waals surface area contributed by atoms with E-state index in [2.05, 4.69) is 12.2 Å². The number of ether oxygens (including phenoxy) is 2. The average molecular weight is 335 g/mol. The summed E-state index contributed by atoms with van der Waals surface area (Å²) in [5.41, 5.74) is 0.769. The monoisotopic (exact) mass is 335 g/mol. The zero-order valence-corrected chi connectivity index (χ0v) is 14.3. The van der Waals surface area contributed by atoms with Crippen LogP contribution in [0.3, 0.4) is 0 Å². The number of hydrogen-bond acceptors (Lipinski definition) is 4. The molecule has 1 aliphatic carbocycles. The van der Waals surface area contributed by atoms with Crippen LogP contribution in [0.2, 0.25) is 0 Å². The maximum absolute atomic E-state index is 12.4. The molecular formula is C18H25NO5. The quantitative estimate of drug-likeness (QED) is 0.687. The highest BCUT2D eigenvalue weighted by atomic mass is 16.5. The first-order chi connectivity index (χ1) is 11.5. The first kappa shape index (κ1) is 18.1. The number of carboxylic acid groups (broad SMARTS) is 1. The topological polar surface area (TPSA) is 84.9 Å². The number of hydrogen-bond donors (Lipinski definition) is 2. The molecule has 6 nitrogen and oxygen atoms in total. The SMILES string of the molecule is CCCC1(CNC(=O)c2ccc(OCC(=O)O)c(OCC)c2)CC1. The van der Waals surface area contributed by atoms with Crippen LogP contribution >= 0.6 is 0 Å². The van der Waals surface area contributed by atoms with Crippen LogP contribution < -0.4 is 14.8 Å². The van der Waals surface area contributed by atoms with Crippen LogP contribution in [0.1, 0.15) is 49.9 Å². The van der Waals surface area contributed by atoms with E-state index in [1.54, 1.807) is 18.2 Å². The van der Waals surface area contributed by atoms with Gasteiger partial charge in [0.1, 0.15) is 0 Å². The molecule has 0 heterocycles. The van der Waals surface area contributed by atoms with E-state index in [9.17, 15) is 9.59 Å². The smallest absolute Gasteiger partial charge is 0.341 e. The minimum atomic E-state index is -1.06. The van der Waals surface area contributed by atoms with Gasteiger partial charge in [-0.1, -0.05) is 13.3 Å². The lowest BCUT2D eigenvalue weighted by Gasteiger charge is -2.16. The molecular weight excluding hydrogens is 310 g/mol. The summed E-state index contributed by atoms with van der Waals surface area (Å²) in [5, 5.41) is 11.7. The lowest BCUT2D eigenvalue weighted by atomic mass is 10.0. The first-order valence-electron chi connectivity index (χ1n) is 8.39. The van der Waals surface area contributed by atoms with Crippen molar-refractivity contribution in [3.05, 3.63) is 23.8 Å². The molecule has 2 N–H and O–H groups in total. The molecule has 24 heavy (non-hydrogen) atoms. The minimum Gasteiger partial charge on any atom is -0.490 e. The van der Waals surface area contributed by atoms with Crippen LogP contribution in [-0.2, 0) is 4.79 Å². The molecule has 0 radical (unpaired) electrons. The van der Waals surface area contributed by atoms with Gasteiger partial charge in [0.25, 0.3) is 5.91 Å². The predicted octanol–water partition coefficient (Wildman–Crippen LogP) is 2.86. The fraction of sp³-hybridized carbons (Fsp3) is 0.556. The van der Waals surface area contributed by atoms with Crippen LogP contribution in [-0.4, -0.2) is 36.7 Å². The standard InChI is InChI=1S/C18H25NO5/c1-3-7-18(8-9-18)12-19-17(22)13-5-6-14(24-11-16(20)21)15(10-13)23-4-2/h5-6,10H,3-4,7-9,11-12H2,1-2H3,(H,19,22)(H,20,21). The molecule has 1 aromatic rings. The highest BCUT2D eigenvalue weighted by molar-refractivity contribution is 5.95. The normalized spacial score (nSPS) is 14.8. The van der Waals surface area contributed by atoms with Crippen molar-refractivity contribution in [2.24, 2.45) is 5.41 Å². The van der Waals surface area contributed by atoms with Crippen molar-refractivity contribution >= 4 is 11.9 Å². The molecule has 0 atom stereocenters. The third-order valence-corrected chi connectivity index (χ3v) is 4.22. The maximum Gasteiger partial charge on any atom is 0.341 e. The summed E-state index contributed by atoms with van der Waals surface area (Å²) < 4.78 is 10.6. The fourth-order valence-electron chi connectivity index (χ4n) is 2.77. The van der Waals surface area contributed by atoms with E-state index in [4.69, 9.17) is 14.6 Å². The molecule has 132 valence electrons. The Hall–Kier alpha value is -2.24. The number of nitrogens with one attached hydrogen (secondary N) is 1. The van der Waals surface area contributed by atoms with Crippen LogP contribution in [0, 0.1) is 5.41 Å². The summed E-state index contributed by atoms with van der Waals surface area (Å²) in [4.78, 5) is 23.0. The molecule has 0 saturated heterocycles. The van der Waals surface area contributed by atoms with Crippen molar-refractivity contribution < 1.29 is 24.2 Å². The summed E-state index contributed by atoms with van der Waals surface area (Å²) in [6.07, 6.45) is 4.61. The van der Waals surface area contributed by atoms with Gasteiger partial charge in [-0.2, -0.15) is 0 Å². The second-order valence-corrected chi connectivity index (χ2v) is 6.21. The molecule has 6 heteroatoms. The van der Waals surface area contributed by atoms with Gasteiger partial charge in [0.2, 0.25) is 0 Å². The van der Waals surface area contributed by atoms with Crippen LogP contribution in [0.4, 0.5) is 0 Å². The molecule has 0 aliphatic heterocycles. The molecule has 0 aromatic heterocycles. The highest BCUT2D eigenvalue weighted by Gasteiger charge is 2.41. The summed E-state index contributed by atoms with van der Waals surface area (Å²) >= 11 is 0. The van der Waals surface area contributed by atoms with Gasteiger partial charge >= 0.3 is 5.97 Å². The number of benzene rings is 1. The van der Waals surface area contributed by atoms with Crippen molar-refractivity contribution in [2.75, 3.05) is 19.8 Å². The molecule has 1 amide bonds. The van der Waals surface area contributed by atoms with Gasteiger partial charge in [-0.05, 0) is 49.8 Å². The Balaban J connectivity index is 2.02. The Morgan fingerprint density at radius 2 is 1.96 bits per heavy atom. The number of carbonyl (C=O) groups excluding carboxylic acids is 1. The van der Waals surface area contributed by atoms with E-state index in [1.807, 2.05) is 6.92 Å². The van der Waals surface area contributed by atoms with E-state index in [-0.39, 0.29) is 11.3 Å². The predicted molar refractivity (Wildman–Crippen MR) is 89.7 cm³/mol. The largest absolute Gasteiger partial charge is 0.490 e. The molecule has 0 bridgehead atoms. The van der Waals surface area contributed by atoms with Crippen molar-refractivity contribution in [2.45, 2.75) is 39.5 Å². The van der Waals surface area contributed by atoms with Gasteiger partial charge in [-0.15, -0.1) is 0 Å². The van der Waals surface area contributed by atoms with Crippen molar-refractivity contribution in [3.63, 3.8) is 0 Å². The van der Waals surface area contributed by atoms with E-state index < -0.39 is 12.6 Å². The van der Waals surface area contributed by atoms with Gasteiger partial charge in [0.15, 0.2) is 18.1 Å². The number of rotatable bonds is 10. The molecule has 1 aliphatic rings. The van der Waals surface area contributed by atoms with Gasteiger partial charge in [-0.3, -0.25) is 4.79 Å². The highest BCUT2D eigenvalue weighted by Crippen LogP contribution is 2.48. The van der Waals surface area contributed by atoms with Crippen LogP contribution in [0.25, 0.3) is 0 Å². The second-order valence-electron chi connectivity index (χ2n) is 6.21. The van der Waals surface area contributed by atoms with Gasteiger partial charge in [-0.25, -0.2) is 4.79 Å². The second kappa shape index (κ2) is 8.04. The minimum absolute atomic E-state index is 0.150. The van der Waals surface area contributed by atoms with Crippen LogP contribution in [0.15, 0.2) is 18.2 Å². The summed E-state index contributed by atoms with van der Waals surface area (Å²) in [6, 6.07) is 4.78. The van der Waals surface area contributed by atoms with E-state index >= 15 is 0 Å². The third-order valence-electron chi connectivity index (χ3n) is 4.22. The van der Waals surface area contributed by atoms with Gasteiger partial charge in [0, 0.05) is 12.1 Å². The number of carboxylic acids is 1. The van der Waals surface area contributed by atoms with Crippen molar-refractivity contribution in [1.82, 2.24) is 5.32 Å². The number of aliphatic carboxylic acids is 1. The zero-order valence-electron chi connectivity index (χ0n) is 14.3. The van der Waals surface area contributed by atoms with Crippen LogP contribution in [0.5, 0.6) is 11.5 Å². The summed E-state index contributed by atoms with van der Waals surface area (Å²) in [6.45, 7) is 4.61. The molecule has 1 aromatic carbocycles. The average Bonchev–Trinajstić information content (AvgIpc) is 3.32. The number of carbonyl (C=O) groups is 2. The van der Waals surface area contributed by atoms with Crippen molar-refractivity contribution in [1.29, 1.82) is 0 Å². The molecule has 2 rings (SSSR count). The van der Waals surface area contributed by atoms with Gasteiger partial charge in [0.05, 0.1) is 6.61 Å². The summed E-state index contributed by atoms with van der Waals surface area (Å²) in [5.74, 6) is -0.519. The summed E-state index contributed by atoms with van der Waals surface area (Å²) in [7, 11) is 0. The lowest BCUT2D eigenvalue weighted by molar-refractivity contribution is -0.139. The van der Waals surface area contributed by atoms with E-state index in [0.717, 1.165) is 12.8 Å².